The number of aldehydes is 1. The normalized spacial score (nSPS) is 12.0. The number of phenolic OH excluding ortho intramolecular Hbond substituents is 1. The summed E-state index contributed by atoms with van der Waals surface area (Å²) in [6.07, 6.45) is 0.785. The summed E-state index contributed by atoms with van der Waals surface area (Å²) in [4.78, 5) is 20.3. The van der Waals surface area contributed by atoms with E-state index in [1.807, 2.05) is 0 Å². The van der Waals surface area contributed by atoms with E-state index in [0.29, 0.717) is 11.8 Å². The van der Waals surface area contributed by atoms with Crippen molar-refractivity contribution in [1.29, 1.82) is 0 Å². The van der Waals surface area contributed by atoms with Crippen LogP contribution < -0.4 is 0 Å². The molecule has 0 radical (unpaired) electrons. The SMILES string of the molecule is O=CC[C@H](C[N+](=O)[O-])c1ccc(O)cc1. The molecule has 1 aromatic carbocycles. The van der Waals surface area contributed by atoms with E-state index in [0.717, 1.165) is 0 Å². The van der Waals surface area contributed by atoms with Crippen molar-refractivity contribution in [2.24, 2.45) is 0 Å². The molecule has 5 heteroatoms. The van der Waals surface area contributed by atoms with E-state index < -0.39 is 10.8 Å². The molecular weight excluding hydrogens is 198 g/mol. The third-order valence-electron chi connectivity index (χ3n) is 2.11. The zero-order valence-corrected chi connectivity index (χ0v) is 8.00. The zero-order chi connectivity index (χ0) is 11.3. The Morgan fingerprint density at radius 3 is 2.47 bits per heavy atom. The minimum Gasteiger partial charge on any atom is -0.508 e. The molecule has 1 atom stereocenters. The molecule has 1 rings (SSSR count). The molecule has 0 saturated carbocycles. The molecule has 0 amide bonds. The highest BCUT2D eigenvalue weighted by Crippen LogP contribution is 2.21. The van der Waals surface area contributed by atoms with Crippen molar-refractivity contribution in [3.8, 4) is 5.75 Å². The lowest BCUT2D eigenvalue weighted by atomic mass is 9.96. The number of carbonyl (C=O) groups excluding carboxylic acids is 1. The van der Waals surface area contributed by atoms with Gasteiger partial charge in [0.1, 0.15) is 12.0 Å². The minimum atomic E-state index is -0.443. The summed E-state index contributed by atoms with van der Waals surface area (Å²) in [5.74, 6) is -0.317. The number of carbonyl (C=O) groups is 1. The lowest BCUT2D eigenvalue weighted by molar-refractivity contribution is -0.483. The van der Waals surface area contributed by atoms with Gasteiger partial charge in [-0.25, -0.2) is 0 Å². The number of rotatable bonds is 5. The van der Waals surface area contributed by atoms with Crippen LogP contribution in [0.3, 0.4) is 0 Å². The van der Waals surface area contributed by atoms with Gasteiger partial charge in [-0.3, -0.25) is 10.1 Å². The number of hydrogen-bond donors (Lipinski definition) is 1. The first-order valence-electron chi connectivity index (χ1n) is 4.48. The molecule has 0 bridgehead atoms. The van der Waals surface area contributed by atoms with E-state index in [1.165, 1.54) is 12.1 Å². The first kappa shape index (κ1) is 11.2. The number of nitrogens with zero attached hydrogens (tertiary/aromatic N) is 1. The Labute approximate surface area is 86.5 Å². The highest BCUT2D eigenvalue weighted by molar-refractivity contribution is 5.51. The van der Waals surface area contributed by atoms with Crippen LogP contribution in [0.2, 0.25) is 0 Å². The van der Waals surface area contributed by atoms with Crippen LogP contribution >= 0.6 is 0 Å². The quantitative estimate of drug-likeness (QED) is 0.450. The number of aromatic hydroxyl groups is 1. The summed E-state index contributed by atoms with van der Waals surface area (Å²) in [6, 6.07) is 6.08. The number of nitro groups is 1. The predicted octanol–water partition coefficient (Wildman–Crippen LogP) is 1.34. The van der Waals surface area contributed by atoms with Crippen LogP contribution in [0.5, 0.6) is 5.75 Å². The summed E-state index contributed by atoms with van der Waals surface area (Å²) in [5.41, 5.74) is 0.691. The average molecular weight is 209 g/mol. The van der Waals surface area contributed by atoms with E-state index in [2.05, 4.69) is 0 Å². The first-order valence-corrected chi connectivity index (χ1v) is 4.48. The molecule has 80 valence electrons. The van der Waals surface area contributed by atoms with Crippen LogP contribution in [-0.4, -0.2) is 22.9 Å². The molecule has 0 heterocycles. The Balaban J connectivity index is 2.83. The van der Waals surface area contributed by atoms with Crippen LogP contribution in [0.15, 0.2) is 24.3 Å². The first-order chi connectivity index (χ1) is 7.13. The molecule has 1 N–H and O–H groups in total. The van der Waals surface area contributed by atoms with Crippen LogP contribution in [0.1, 0.15) is 17.9 Å². The Morgan fingerprint density at radius 2 is 2.00 bits per heavy atom. The van der Waals surface area contributed by atoms with E-state index >= 15 is 0 Å². The maximum absolute atomic E-state index is 10.4. The monoisotopic (exact) mass is 209 g/mol. The van der Waals surface area contributed by atoms with Gasteiger partial charge in [-0.05, 0) is 17.7 Å². The van der Waals surface area contributed by atoms with Crippen molar-refractivity contribution < 1.29 is 14.8 Å². The Hall–Kier alpha value is -1.91. The third kappa shape index (κ3) is 3.38. The standard InChI is InChI=1S/C10H11NO4/c12-6-5-9(7-11(14)15)8-1-3-10(13)4-2-8/h1-4,6,9,13H,5,7H2/t9-/m1/s1. The molecule has 0 saturated heterocycles. The fraction of sp³-hybridized carbons (Fsp3) is 0.300. The fourth-order valence-corrected chi connectivity index (χ4v) is 1.36. The van der Waals surface area contributed by atoms with E-state index in [1.54, 1.807) is 12.1 Å². The van der Waals surface area contributed by atoms with Crippen LogP contribution in [0.25, 0.3) is 0 Å². The van der Waals surface area contributed by atoms with Gasteiger partial charge < -0.3 is 9.90 Å². The van der Waals surface area contributed by atoms with Gasteiger partial charge in [-0.2, -0.15) is 0 Å². The van der Waals surface area contributed by atoms with Crippen LogP contribution in [0, 0.1) is 10.1 Å². The molecule has 0 aliphatic heterocycles. The van der Waals surface area contributed by atoms with Gasteiger partial charge in [-0.15, -0.1) is 0 Å². The van der Waals surface area contributed by atoms with Crippen molar-refractivity contribution in [3.63, 3.8) is 0 Å². The minimum absolute atomic E-state index is 0.102. The Kier molecular flexibility index (Phi) is 3.79. The molecule has 0 fully saturated rings. The van der Waals surface area contributed by atoms with Crippen molar-refractivity contribution >= 4 is 6.29 Å². The molecular formula is C10H11NO4. The number of benzene rings is 1. The number of hydrogen-bond acceptors (Lipinski definition) is 4. The Bertz CT molecular complexity index is 347. The second-order valence-corrected chi connectivity index (χ2v) is 3.21. The van der Waals surface area contributed by atoms with Crippen molar-refractivity contribution in [3.05, 3.63) is 39.9 Å². The zero-order valence-electron chi connectivity index (χ0n) is 8.00. The summed E-state index contributed by atoms with van der Waals surface area (Å²) < 4.78 is 0. The van der Waals surface area contributed by atoms with Crippen molar-refractivity contribution in [2.75, 3.05) is 6.54 Å². The maximum Gasteiger partial charge on any atom is 0.211 e. The molecule has 15 heavy (non-hydrogen) atoms. The molecule has 0 spiro atoms. The number of phenols is 1. The summed E-state index contributed by atoms with van der Waals surface area (Å²) in [6.45, 7) is -0.274. The molecule has 0 aliphatic carbocycles. The third-order valence-corrected chi connectivity index (χ3v) is 2.11. The summed E-state index contributed by atoms with van der Waals surface area (Å²) >= 11 is 0. The second kappa shape index (κ2) is 5.09. The molecule has 5 nitrogen and oxygen atoms in total. The van der Waals surface area contributed by atoms with Gasteiger partial charge in [0.15, 0.2) is 0 Å². The van der Waals surface area contributed by atoms with E-state index in [9.17, 15) is 14.9 Å². The van der Waals surface area contributed by atoms with Gasteiger partial charge in [0.25, 0.3) is 0 Å². The van der Waals surface area contributed by atoms with Gasteiger partial charge >= 0.3 is 0 Å². The van der Waals surface area contributed by atoms with Gasteiger partial charge in [0, 0.05) is 11.3 Å². The average Bonchev–Trinajstić information content (AvgIpc) is 2.17. The van der Waals surface area contributed by atoms with E-state index in [-0.39, 0.29) is 18.7 Å². The second-order valence-electron chi connectivity index (χ2n) is 3.21. The lowest BCUT2D eigenvalue weighted by Crippen LogP contribution is -2.12. The fourth-order valence-electron chi connectivity index (χ4n) is 1.36. The topological polar surface area (TPSA) is 80.4 Å². The van der Waals surface area contributed by atoms with Crippen LogP contribution in [0.4, 0.5) is 0 Å². The molecule has 0 unspecified atom stereocenters. The summed E-state index contributed by atoms with van der Waals surface area (Å²) in [5, 5.41) is 19.4. The van der Waals surface area contributed by atoms with Crippen molar-refractivity contribution in [2.45, 2.75) is 12.3 Å². The van der Waals surface area contributed by atoms with Crippen molar-refractivity contribution in [1.82, 2.24) is 0 Å². The molecule has 0 aliphatic rings. The predicted molar refractivity (Wildman–Crippen MR) is 53.4 cm³/mol. The Morgan fingerprint density at radius 1 is 1.40 bits per heavy atom. The van der Waals surface area contributed by atoms with Gasteiger partial charge in [0.2, 0.25) is 6.54 Å². The van der Waals surface area contributed by atoms with E-state index in [4.69, 9.17) is 5.11 Å². The summed E-state index contributed by atoms with van der Waals surface area (Å²) in [7, 11) is 0. The molecule has 0 aromatic heterocycles. The highest BCUT2D eigenvalue weighted by Gasteiger charge is 2.17. The van der Waals surface area contributed by atoms with Gasteiger partial charge in [-0.1, -0.05) is 12.1 Å². The highest BCUT2D eigenvalue weighted by atomic mass is 16.6. The smallest absolute Gasteiger partial charge is 0.211 e. The van der Waals surface area contributed by atoms with Gasteiger partial charge in [0.05, 0.1) is 5.92 Å². The maximum atomic E-state index is 10.4. The van der Waals surface area contributed by atoms with Crippen LogP contribution in [-0.2, 0) is 4.79 Å². The lowest BCUT2D eigenvalue weighted by Gasteiger charge is -2.09. The largest absolute Gasteiger partial charge is 0.508 e. The molecule has 1 aromatic rings.